The number of halogens is 1. The standard InChI is InChI=1S/C17H20INO5S/c1-12(11-24-14-6-4-13(22-2)5-7-14)19-25(20,21)15-8-9-17(23-3)16(18)10-15/h4-10,12,19H,11H2,1-3H3/t12-/m0/s1. The van der Waals surface area contributed by atoms with Gasteiger partial charge in [0, 0.05) is 0 Å². The van der Waals surface area contributed by atoms with Crippen molar-refractivity contribution >= 4 is 32.6 Å². The fraction of sp³-hybridized carbons (Fsp3) is 0.294. The number of methoxy groups -OCH3 is 2. The summed E-state index contributed by atoms with van der Waals surface area (Å²) in [7, 11) is -0.498. The number of hydrogen-bond donors (Lipinski definition) is 1. The molecule has 0 aromatic heterocycles. The molecule has 2 rings (SSSR count). The molecule has 136 valence electrons. The number of sulfonamides is 1. The lowest BCUT2D eigenvalue weighted by molar-refractivity contribution is 0.287. The smallest absolute Gasteiger partial charge is 0.240 e. The van der Waals surface area contributed by atoms with Crippen LogP contribution in [0.25, 0.3) is 0 Å². The Labute approximate surface area is 161 Å². The van der Waals surface area contributed by atoms with Gasteiger partial charge in [-0.05, 0) is 72.0 Å². The van der Waals surface area contributed by atoms with E-state index < -0.39 is 16.1 Å². The molecular formula is C17H20INO5S. The molecule has 0 fully saturated rings. The summed E-state index contributed by atoms with van der Waals surface area (Å²) in [6.07, 6.45) is 0. The molecule has 2 aromatic rings. The van der Waals surface area contributed by atoms with Gasteiger partial charge in [-0.3, -0.25) is 0 Å². The van der Waals surface area contributed by atoms with E-state index in [9.17, 15) is 8.42 Å². The number of ether oxygens (including phenoxy) is 3. The van der Waals surface area contributed by atoms with E-state index in [4.69, 9.17) is 14.2 Å². The summed E-state index contributed by atoms with van der Waals surface area (Å²) in [4.78, 5) is 0.189. The first-order chi connectivity index (χ1) is 11.9. The second-order valence-corrected chi connectivity index (χ2v) is 8.18. The third kappa shape index (κ3) is 5.48. The van der Waals surface area contributed by atoms with Crippen molar-refractivity contribution in [3.05, 3.63) is 46.0 Å². The van der Waals surface area contributed by atoms with E-state index in [2.05, 4.69) is 4.72 Å². The fourth-order valence-corrected chi connectivity index (χ4v) is 4.28. The maximum absolute atomic E-state index is 12.5. The molecule has 25 heavy (non-hydrogen) atoms. The van der Waals surface area contributed by atoms with E-state index >= 15 is 0 Å². The van der Waals surface area contributed by atoms with Crippen molar-refractivity contribution < 1.29 is 22.6 Å². The van der Waals surface area contributed by atoms with Gasteiger partial charge in [0.15, 0.2) is 0 Å². The summed E-state index contributed by atoms with van der Waals surface area (Å²) in [5.74, 6) is 2.01. The first kappa shape index (κ1) is 19.8. The van der Waals surface area contributed by atoms with Crippen molar-refractivity contribution in [2.45, 2.75) is 17.9 Å². The summed E-state index contributed by atoms with van der Waals surface area (Å²) >= 11 is 2.04. The zero-order valence-electron chi connectivity index (χ0n) is 14.2. The highest BCUT2D eigenvalue weighted by Gasteiger charge is 2.19. The molecule has 1 atom stereocenters. The van der Waals surface area contributed by atoms with Gasteiger partial charge in [0.2, 0.25) is 10.0 Å². The minimum atomic E-state index is -3.63. The molecule has 0 spiro atoms. The van der Waals surface area contributed by atoms with Crippen LogP contribution >= 0.6 is 22.6 Å². The maximum atomic E-state index is 12.5. The van der Waals surface area contributed by atoms with Crippen molar-refractivity contribution in [1.82, 2.24) is 4.72 Å². The van der Waals surface area contributed by atoms with Crippen LogP contribution < -0.4 is 18.9 Å². The molecule has 0 aliphatic carbocycles. The Hall–Kier alpha value is -1.52. The van der Waals surface area contributed by atoms with E-state index in [-0.39, 0.29) is 11.5 Å². The van der Waals surface area contributed by atoms with E-state index in [0.717, 1.165) is 9.32 Å². The molecule has 0 amide bonds. The molecule has 0 unspecified atom stereocenters. The number of rotatable bonds is 8. The monoisotopic (exact) mass is 477 g/mol. The Kier molecular flexibility index (Phi) is 6.91. The quantitative estimate of drug-likeness (QED) is 0.592. The minimum absolute atomic E-state index is 0.189. The topological polar surface area (TPSA) is 73.9 Å². The van der Waals surface area contributed by atoms with Crippen molar-refractivity contribution in [1.29, 1.82) is 0 Å². The van der Waals surface area contributed by atoms with Gasteiger partial charge in [0.25, 0.3) is 0 Å². The normalized spacial score (nSPS) is 12.5. The molecular weight excluding hydrogens is 457 g/mol. The first-order valence-electron chi connectivity index (χ1n) is 7.48. The largest absolute Gasteiger partial charge is 0.497 e. The molecule has 0 aliphatic heterocycles. The van der Waals surface area contributed by atoms with E-state index in [1.807, 2.05) is 22.6 Å². The highest BCUT2D eigenvalue weighted by molar-refractivity contribution is 14.1. The molecule has 6 nitrogen and oxygen atoms in total. The Morgan fingerprint density at radius 1 is 1.04 bits per heavy atom. The molecule has 0 heterocycles. The lowest BCUT2D eigenvalue weighted by Gasteiger charge is -2.16. The predicted molar refractivity (Wildman–Crippen MR) is 104 cm³/mol. The molecule has 1 N–H and O–H groups in total. The Balaban J connectivity index is 1.98. The molecule has 0 aliphatic rings. The van der Waals surface area contributed by atoms with Crippen LogP contribution in [-0.4, -0.2) is 35.3 Å². The average molecular weight is 477 g/mol. The highest BCUT2D eigenvalue weighted by Crippen LogP contribution is 2.24. The van der Waals surface area contributed by atoms with Crippen LogP contribution in [0.5, 0.6) is 17.2 Å². The van der Waals surface area contributed by atoms with Crippen LogP contribution in [0.1, 0.15) is 6.92 Å². The van der Waals surface area contributed by atoms with E-state index in [0.29, 0.717) is 11.5 Å². The molecule has 0 radical (unpaired) electrons. The Bertz CT molecular complexity index is 808. The fourth-order valence-electron chi connectivity index (χ4n) is 2.07. The number of hydrogen-bond acceptors (Lipinski definition) is 5. The maximum Gasteiger partial charge on any atom is 0.240 e. The molecule has 0 saturated carbocycles. The zero-order valence-corrected chi connectivity index (χ0v) is 17.1. The van der Waals surface area contributed by atoms with Crippen LogP contribution in [0, 0.1) is 3.57 Å². The third-order valence-corrected chi connectivity index (χ3v) is 5.78. The van der Waals surface area contributed by atoms with Crippen LogP contribution in [0.2, 0.25) is 0 Å². The lowest BCUT2D eigenvalue weighted by atomic mass is 10.3. The van der Waals surface area contributed by atoms with Crippen molar-refractivity contribution in [2.24, 2.45) is 0 Å². The zero-order chi connectivity index (χ0) is 18.4. The number of nitrogens with one attached hydrogen (secondary N) is 1. The summed E-state index contributed by atoms with van der Waals surface area (Å²) in [5.41, 5.74) is 0. The molecule has 8 heteroatoms. The summed E-state index contributed by atoms with van der Waals surface area (Å²) in [5, 5.41) is 0. The van der Waals surface area contributed by atoms with E-state index in [1.165, 1.54) is 6.07 Å². The number of benzene rings is 2. The van der Waals surface area contributed by atoms with Crippen LogP contribution in [0.4, 0.5) is 0 Å². The van der Waals surface area contributed by atoms with Gasteiger partial charge in [-0.25, -0.2) is 13.1 Å². The third-order valence-electron chi connectivity index (χ3n) is 3.35. The van der Waals surface area contributed by atoms with Gasteiger partial charge >= 0.3 is 0 Å². The predicted octanol–water partition coefficient (Wildman–Crippen LogP) is 3.05. The summed E-state index contributed by atoms with van der Waals surface area (Å²) < 4.78 is 44.1. The highest BCUT2D eigenvalue weighted by atomic mass is 127. The molecule has 0 bridgehead atoms. The van der Waals surface area contributed by atoms with Gasteiger partial charge in [-0.15, -0.1) is 0 Å². The van der Waals surface area contributed by atoms with Gasteiger partial charge < -0.3 is 14.2 Å². The lowest BCUT2D eigenvalue weighted by Crippen LogP contribution is -2.36. The van der Waals surface area contributed by atoms with Crippen molar-refractivity contribution in [3.63, 3.8) is 0 Å². The first-order valence-corrected chi connectivity index (χ1v) is 10.0. The van der Waals surface area contributed by atoms with Gasteiger partial charge in [-0.1, -0.05) is 0 Å². The minimum Gasteiger partial charge on any atom is -0.497 e. The second-order valence-electron chi connectivity index (χ2n) is 5.31. The Morgan fingerprint density at radius 2 is 1.68 bits per heavy atom. The van der Waals surface area contributed by atoms with Gasteiger partial charge in [0.1, 0.15) is 23.9 Å². The van der Waals surface area contributed by atoms with Gasteiger partial charge in [-0.2, -0.15) is 0 Å². The molecule has 0 saturated heterocycles. The molecule has 2 aromatic carbocycles. The van der Waals surface area contributed by atoms with Crippen LogP contribution in [-0.2, 0) is 10.0 Å². The van der Waals surface area contributed by atoms with Crippen LogP contribution in [0.3, 0.4) is 0 Å². The van der Waals surface area contributed by atoms with Gasteiger partial charge in [0.05, 0.1) is 28.7 Å². The average Bonchev–Trinajstić information content (AvgIpc) is 2.60. The summed E-state index contributed by atoms with van der Waals surface area (Å²) in [6, 6.07) is 11.4. The SMILES string of the molecule is COc1ccc(OC[C@H](C)NS(=O)(=O)c2ccc(OC)c(I)c2)cc1. The summed E-state index contributed by atoms with van der Waals surface area (Å²) in [6.45, 7) is 1.95. The second kappa shape index (κ2) is 8.72. The van der Waals surface area contributed by atoms with Crippen molar-refractivity contribution in [2.75, 3.05) is 20.8 Å². The Morgan fingerprint density at radius 3 is 2.24 bits per heavy atom. The van der Waals surface area contributed by atoms with Crippen molar-refractivity contribution in [3.8, 4) is 17.2 Å². The van der Waals surface area contributed by atoms with E-state index in [1.54, 1.807) is 57.5 Å². The van der Waals surface area contributed by atoms with Crippen LogP contribution in [0.15, 0.2) is 47.4 Å².